The number of thiol groups is 1. The van der Waals surface area contributed by atoms with Crippen LogP contribution >= 0.6 is 24.2 Å². The molecular formula is C9H5ClN2S. The second kappa shape index (κ2) is 4.77. The normalized spacial score (nSPS) is 8.38. The molecule has 0 atom stereocenters. The molecule has 0 spiro atoms. The van der Waals surface area contributed by atoms with Crippen molar-refractivity contribution in [3.05, 3.63) is 28.5 Å². The van der Waals surface area contributed by atoms with E-state index in [1.165, 1.54) is 6.20 Å². The maximum absolute atomic E-state index is 8.63. The van der Waals surface area contributed by atoms with Gasteiger partial charge in [0.2, 0.25) is 0 Å². The highest BCUT2D eigenvalue weighted by Gasteiger charge is 1.99. The predicted molar refractivity (Wildman–Crippen MR) is 54.7 cm³/mol. The molecule has 1 heterocycles. The molecule has 0 fully saturated rings. The van der Waals surface area contributed by atoms with Crippen LogP contribution in [-0.2, 0) is 0 Å². The van der Waals surface area contributed by atoms with E-state index in [1.807, 2.05) is 6.07 Å². The number of aromatic nitrogens is 1. The van der Waals surface area contributed by atoms with Crippen LogP contribution in [0.1, 0.15) is 11.1 Å². The van der Waals surface area contributed by atoms with E-state index in [0.29, 0.717) is 16.9 Å². The lowest BCUT2D eigenvalue weighted by Crippen LogP contribution is -1.85. The number of hydrogen-bond acceptors (Lipinski definition) is 3. The van der Waals surface area contributed by atoms with Crippen molar-refractivity contribution < 1.29 is 0 Å². The Morgan fingerprint density at radius 3 is 3.00 bits per heavy atom. The summed E-state index contributed by atoms with van der Waals surface area (Å²) in [6.07, 6.45) is 1.53. The molecule has 0 aliphatic rings. The van der Waals surface area contributed by atoms with E-state index in [4.69, 9.17) is 16.9 Å². The third-order valence-electron chi connectivity index (χ3n) is 1.27. The summed E-state index contributed by atoms with van der Waals surface area (Å²) >= 11 is 9.57. The highest BCUT2D eigenvalue weighted by atomic mass is 35.5. The number of hydrogen-bond donors (Lipinski definition) is 1. The minimum absolute atomic E-state index is 0.207. The number of pyridine rings is 1. The summed E-state index contributed by atoms with van der Waals surface area (Å²) in [4.78, 5) is 3.82. The van der Waals surface area contributed by atoms with Gasteiger partial charge in [-0.1, -0.05) is 23.4 Å². The Morgan fingerprint density at radius 1 is 1.62 bits per heavy atom. The highest BCUT2D eigenvalue weighted by molar-refractivity contribution is 7.80. The number of nitrogens with zero attached hydrogens (tertiary/aromatic N) is 2. The summed E-state index contributed by atoms with van der Waals surface area (Å²) in [7, 11) is 0. The monoisotopic (exact) mass is 208 g/mol. The lowest BCUT2D eigenvalue weighted by atomic mass is 10.2. The third-order valence-corrected chi connectivity index (χ3v) is 1.73. The zero-order chi connectivity index (χ0) is 9.68. The van der Waals surface area contributed by atoms with Crippen molar-refractivity contribution in [2.75, 3.05) is 5.75 Å². The summed E-state index contributed by atoms with van der Waals surface area (Å²) in [6, 6.07) is 3.53. The van der Waals surface area contributed by atoms with Gasteiger partial charge in [0, 0.05) is 11.8 Å². The molecule has 13 heavy (non-hydrogen) atoms. The summed E-state index contributed by atoms with van der Waals surface area (Å²) in [5.41, 5.74) is 1.02. The van der Waals surface area contributed by atoms with E-state index in [-0.39, 0.29) is 5.15 Å². The Labute approximate surface area is 87.0 Å². The van der Waals surface area contributed by atoms with Crippen molar-refractivity contribution in [2.45, 2.75) is 0 Å². The minimum Gasteiger partial charge on any atom is -0.242 e. The van der Waals surface area contributed by atoms with Crippen LogP contribution in [-0.4, -0.2) is 10.7 Å². The molecule has 1 aromatic heterocycles. The van der Waals surface area contributed by atoms with Crippen LogP contribution in [0, 0.1) is 23.2 Å². The average Bonchev–Trinajstić information content (AvgIpc) is 2.16. The van der Waals surface area contributed by atoms with Gasteiger partial charge in [-0.05, 0) is 6.07 Å². The van der Waals surface area contributed by atoms with Crippen molar-refractivity contribution in [3.8, 4) is 17.9 Å². The van der Waals surface area contributed by atoms with E-state index in [9.17, 15) is 0 Å². The Bertz CT molecular complexity index is 412. The molecule has 0 aliphatic heterocycles. The van der Waals surface area contributed by atoms with Crippen molar-refractivity contribution in [1.29, 1.82) is 5.26 Å². The molecule has 0 amide bonds. The molecule has 0 saturated carbocycles. The molecule has 0 radical (unpaired) electrons. The maximum Gasteiger partial charge on any atom is 0.146 e. The smallest absolute Gasteiger partial charge is 0.146 e. The van der Waals surface area contributed by atoms with E-state index in [1.54, 1.807) is 6.07 Å². The third kappa shape index (κ3) is 2.66. The molecule has 1 rings (SSSR count). The van der Waals surface area contributed by atoms with Gasteiger partial charge < -0.3 is 0 Å². The van der Waals surface area contributed by atoms with Gasteiger partial charge in [-0.25, -0.2) is 4.98 Å². The SMILES string of the molecule is N#Cc1cc(C#CCS)cnc1Cl. The first-order valence-corrected chi connectivity index (χ1v) is 4.44. The Morgan fingerprint density at radius 2 is 2.38 bits per heavy atom. The first kappa shape index (κ1) is 9.92. The predicted octanol–water partition coefficient (Wildman–Crippen LogP) is 1.89. The van der Waals surface area contributed by atoms with Crippen LogP contribution in [0.4, 0.5) is 0 Å². The van der Waals surface area contributed by atoms with E-state index in [0.717, 1.165) is 0 Å². The van der Waals surface area contributed by atoms with Crippen LogP contribution in [0.15, 0.2) is 12.3 Å². The quantitative estimate of drug-likeness (QED) is 0.402. The standard InChI is InChI=1S/C9H5ClN2S/c10-9-8(5-11)4-7(6-12-9)2-1-3-13/h4,6,13H,3H2. The van der Waals surface area contributed by atoms with Crippen LogP contribution in [0.3, 0.4) is 0 Å². The molecule has 0 bridgehead atoms. The molecule has 4 heteroatoms. The van der Waals surface area contributed by atoms with Crippen molar-refractivity contribution in [3.63, 3.8) is 0 Å². The summed E-state index contributed by atoms with van der Waals surface area (Å²) in [6.45, 7) is 0. The van der Waals surface area contributed by atoms with Crippen LogP contribution < -0.4 is 0 Å². The fourth-order valence-electron chi connectivity index (χ4n) is 0.736. The largest absolute Gasteiger partial charge is 0.242 e. The molecule has 1 aromatic rings. The maximum atomic E-state index is 8.63. The molecule has 0 aromatic carbocycles. The second-order valence-corrected chi connectivity index (χ2v) is 2.81. The summed E-state index contributed by atoms with van der Waals surface area (Å²) in [5.74, 6) is 6.03. The van der Waals surface area contributed by atoms with E-state index >= 15 is 0 Å². The topological polar surface area (TPSA) is 36.7 Å². The van der Waals surface area contributed by atoms with Gasteiger partial charge in [0.15, 0.2) is 0 Å². The number of nitriles is 1. The zero-order valence-corrected chi connectivity index (χ0v) is 8.23. The first-order valence-electron chi connectivity index (χ1n) is 3.43. The lowest BCUT2D eigenvalue weighted by Gasteiger charge is -1.93. The number of halogens is 1. The molecule has 0 aliphatic carbocycles. The molecular weight excluding hydrogens is 204 g/mol. The number of rotatable bonds is 0. The highest BCUT2D eigenvalue weighted by Crippen LogP contribution is 2.12. The van der Waals surface area contributed by atoms with Gasteiger partial charge in [0.1, 0.15) is 11.2 Å². The average molecular weight is 209 g/mol. The zero-order valence-electron chi connectivity index (χ0n) is 6.58. The molecule has 0 saturated heterocycles. The minimum atomic E-state index is 0.207. The Kier molecular flexibility index (Phi) is 3.64. The van der Waals surface area contributed by atoms with Gasteiger partial charge in [-0.2, -0.15) is 17.9 Å². The van der Waals surface area contributed by atoms with E-state index in [2.05, 4.69) is 29.5 Å². The first-order chi connectivity index (χ1) is 6.27. The van der Waals surface area contributed by atoms with Gasteiger partial charge in [0.25, 0.3) is 0 Å². The summed E-state index contributed by atoms with van der Waals surface area (Å²) in [5, 5.41) is 8.84. The second-order valence-electron chi connectivity index (χ2n) is 2.13. The van der Waals surface area contributed by atoms with Crippen molar-refractivity contribution in [2.24, 2.45) is 0 Å². The summed E-state index contributed by atoms with van der Waals surface area (Å²) < 4.78 is 0. The molecule has 0 unspecified atom stereocenters. The van der Waals surface area contributed by atoms with E-state index < -0.39 is 0 Å². The Hall–Kier alpha value is -1.16. The van der Waals surface area contributed by atoms with Crippen LogP contribution in [0.2, 0.25) is 5.15 Å². The van der Waals surface area contributed by atoms with Crippen molar-refractivity contribution in [1.82, 2.24) is 4.98 Å². The van der Waals surface area contributed by atoms with Crippen LogP contribution in [0.5, 0.6) is 0 Å². The fraction of sp³-hybridized carbons (Fsp3) is 0.111. The lowest BCUT2D eigenvalue weighted by molar-refractivity contribution is 1.29. The molecule has 0 N–H and O–H groups in total. The van der Waals surface area contributed by atoms with Gasteiger partial charge in [-0.15, -0.1) is 0 Å². The molecule has 64 valence electrons. The molecule has 2 nitrogen and oxygen atoms in total. The van der Waals surface area contributed by atoms with Crippen LogP contribution in [0.25, 0.3) is 0 Å². The fourth-order valence-corrected chi connectivity index (χ4v) is 0.961. The van der Waals surface area contributed by atoms with Gasteiger partial charge in [0.05, 0.1) is 11.3 Å². The van der Waals surface area contributed by atoms with Crippen molar-refractivity contribution >= 4 is 24.2 Å². The van der Waals surface area contributed by atoms with Gasteiger partial charge >= 0.3 is 0 Å². The van der Waals surface area contributed by atoms with Gasteiger partial charge in [-0.3, -0.25) is 0 Å². The Balaban J connectivity index is 3.08.